The first-order valence-corrected chi connectivity index (χ1v) is 8.20. The van der Waals surface area contributed by atoms with E-state index >= 15 is 0 Å². The predicted molar refractivity (Wildman–Crippen MR) is 79.2 cm³/mol. The molecular formula is C14H14ClNO4S. The molecule has 1 atom stereocenters. The van der Waals surface area contributed by atoms with Gasteiger partial charge in [-0.2, -0.15) is 0 Å². The molecule has 21 heavy (non-hydrogen) atoms. The highest BCUT2D eigenvalue weighted by molar-refractivity contribution is 7.91. The standard InChI is InChI=1S/C14H14ClNO4S/c15-11-4-6-13(7-5-11)20-9-12(17)10-21(18,19)14-3-1-2-8-16-14/h1-8,12,17H,9-10H2/t12-/m0/s1. The molecule has 1 aromatic heterocycles. The minimum atomic E-state index is -3.63. The van der Waals surface area contributed by atoms with Crippen molar-refractivity contribution in [2.45, 2.75) is 11.1 Å². The molecule has 7 heteroatoms. The van der Waals surface area contributed by atoms with E-state index in [1.807, 2.05) is 0 Å². The molecule has 0 amide bonds. The molecule has 0 fully saturated rings. The number of hydrogen-bond donors (Lipinski definition) is 1. The minimum Gasteiger partial charge on any atom is -0.491 e. The summed E-state index contributed by atoms with van der Waals surface area (Å²) in [5.41, 5.74) is 0. The molecule has 0 aliphatic heterocycles. The van der Waals surface area contributed by atoms with Gasteiger partial charge in [-0.1, -0.05) is 17.7 Å². The molecule has 0 unspecified atom stereocenters. The average molecular weight is 328 g/mol. The maximum Gasteiger partial charge on any atom is 0.198 e. The second-order valence-electron chi connectivity index (χ2n) is 4.37. The summed E-state index contributed by atoms with van der Waals surface area (Å²) in [5.74, 6) is 0.0612. The van der Waals surface area contributed by atoms with Gasteiger partial charge in [-0.05, 0) is 36.4 Å². The highest BCUT2D eigenvalue weighted by Crippen LogP contribution is 2.16. The molecule has 0 aliphatic carbocycles. The van der Waals surface area contributed by atoms with E-state index in [9.17, 15) is 13.5 Å². The molecular weight excluding hydrogens is 314 g/mol. The average Bonchev–Trinajstić information content (AvgIpc) is 2.47. The van der Waals surface area contributed by atoms with E-state index < -0.39 is 21.7 Å². The molecule has 0 aliphatic rings. The van der Waals surface area contributed by atoms with Crippen LogP contribution in [-0.4, -0.2) is 37.0 Å². The summed E-state index contributed by atoms with van der Waals surface area (Å²) in [7, 11) is -3.63. The van der Waals surface area contributed by atoms with Crippen LogP contribution >= 0.6 is 11.6 Å². The Balaban J connectivity index is 1.92. The Morgan fingerprint density at radius 3 is 2.52 bits per heavy atom. The molecule has 1 N–H and O–H groups in total. The molecule has 0 bridgehead atoms. The normalized spacial score (nSPS) is 12.9. The second-order valence-corrected chi connectivity index (χ2v) is 6.79. The lowest BCUT2D eigenvalue weighted by atomic mass is 10.3. The van der Waals surface area contributed by atoms with E-state index in [4.69, 9.17) is 16.3 Å². The van der Waals surface area contributed by atoms with Crippen LogP contribution in [0.4, 0.5) is 0 Å². The summed E-state index contributed by atoms with van der Waals surface area (Å²) in [4.78, 5) is 3.78. The highest BCUT2D eigenvalue weighted by atomic mass is 35.5. The van der Waals surface area contributed by atoms with E-state index in [-0.39, 0.29) is 11.6 Å². The zero-order valence-corrected chi connectivity index (χ0v) is 12.6. The van der Waals surface area contributed by atoms with Gasteiger partial charge < -0.3 is 9.84 Å². The van der Waals surface area contributed by atoms with Gasteiger partial charge in [0, 0.05) is 11.2 Å². The fourth-order valence-electron chi connectivity index (χ4n) is 1.64. The number of sulfone groups is 1. The van der Waals surface area contributed by atoms with Crippen molar-refractivity contribution in [2.24, 2.45) is 0 Å². The van der Waals surface area contributed by atoms with Gasteiger partial charge in [-0.15, -0.1) is 0 Å². The van der Waals surface area contributed by atoms with Gasteiger partial charge in [0.2, 0.25) is 0 Å². The van der Waals surface area contributed by atoms with Gasteiger partial charge in [0.1, 0.15) is 18.5 Å². The Morgan fingerprint density at radius 2 is 1.90 bits per heavy atom. The Labute approximate surface area is 128 Å². The van der Waals surface area contributed by atoms with Crippen molar-refractivity contribution < 1.29 is 18.3 Å². The van der Waals surface area contributed by atoms with E-state index in [1.54, 1.807) is 36.4 Å². The van der Waals surface area contributed by atoms with Crippen LogP contribution in [0.5, 0.6) is 5.75 Å². The first kappa shape index (κ1) is 15.8. The van der Waals surface area contributed by atoms with Gasteiger partial charge in [0.15, 0.2) is 14.9 Å². The topological polar surface area (TPSA) is 76.5 Å². The summed E-state index contributed by atoms with van der Waals surface area (Å²) in [6.45, 7) is -0.131. The van der Waals surface area contributed by atoms with Crippen LogP contribution in [0.25, 0.3) is 0 Å². The van der Waals surface area contributed by atoms with E-state index in [0.29, 0.717) is 10.8 Å². The molecule has 0 saturated carbocycles. The molecule has 0 saturated heterocycles. The van der Waals surface area contributed by atoms with Crippen molar-refractivity contribution in [2.75, 3.05) is 12.4 Å². The van der Waals surface area contributed by atoms with E-state index in [0.717, 1.165) is 0 Å². The third kappa shape index (κ3) is 4.70. The van der Waals surface area contributed by atoms with E-state index in [1.165, 1.54) is 12.3 Å². The van der Waals surface area contributed by atoms with Crippen molar-refractivity contribution >= 4 is 21.4 Å². The zero-order valence-electron chi connectivity index (χ0n) is 11.0. The summed E-state index contributed by atoms with van der Waals surface area (Å²) in [6.07, 6.45) is 0.247. The number of aliphatic hydroxyl groups excluding tert-OH is 1. The molecule has 2 aromatic rings. The number of benzene rings is 1. The SMILES string of the molecule is O=S(=O)(C[C@@H](O)COc1ccc(Cl)cc1)c1ccccn1. The minimum absolute atomic E-state index is 0.0597. The van der Waals surface area contributed by atoms with Gasteiger partial charge >= 0.3 is 0 Å². The van der Waals surface area contributed by atoms with Gasteiger partial charge in [0.25, 0.3) is 0 Å². The third-order valence-corrected chi connectivity index (χ3v) is 4.58. The van der Waals surface area contributed by atoms with Crippen LogP contribution in [0, 0.1) is 0 Å². The molecule has 1 heterocycles. The van der Waals surface area contributed by atoms with Crippen LogP contribution in [0.3, 0.4) is 0 Å². The van der Waals surface area contributed by atoms with Crippen LogP contribution in [0.1, 0.15) is 0 Å². The lowest BCUT2D eigenvalue weighted by Crippen LogP contribution is -2.27. The van der Waals surface area contributed by atoms with Gasteiger partial charge in [-0.25, -0.2) is 13.4 Å². The number of halogens is 1. The van der Waals surface area contributed by atoms with Crippen molar-refractivity contribution in [3.63, 3.8) is 0 Å². The number of rotatable bonds is 6. The van der Waals surface area contributed by atoms with Gasteiger partial charge in [0.05, 0.1) is 5.75 Å². The fraction of sp³-hybridized carbons (Fsp3) is 0.214. The van der Waals surface area contributed by atoms with Crippen molar-refractivity contribution in [1.29, 1.82) is 0 Å². The molecule has 2 rings (SSSR count). The Morgan fingerprint density at radius 1 is 1.19 bits per heavy atom. The van der Waals surface area contributed by atoms with Crippen molar-refractivity contribution in [1.82, 2.24) is 4.98 Å². The lowest BCUT2D eigenvalue weighted by molar-refractivity contribution is 0.125. The van der Waals surface area contributed by atoms with Crippen LogP contribution in [-0.2, 0) is 9.84 Å². The third-order valence-electron chi connectivity index (χ3n) is 2.62. The molecule has 112 valence electrons. The molecule has 0 spiro atoms. The quantitative estimate of drug-likeness (QED) is 0.877. The summed E-state index contributed by atoms with van der Waals surface area (Å²) in [5, 5.41) is 10.3. The van der Waals surface area contributed by atoms with Crippen molar-refractivity contribution in [3.05, 3.63) is 53.7 Å². The number of nitrogens with zero attached hydrogens (tertiary/aromatic N) is 1. The first-order valence-electron chi connectivity index (χ1n) is 6.17. The Bertz CT molecular complexity index is 674. The maximum atomic E-state index is 12.0. The lowest BCUT2D eigenvalue weighted by Gasteiger charge is -2.12. The second kappa shape index (κ2) is 6.89. The van der Waals surface area contributed by atoms with E-state index in [2.05, 4.69) is 4.98 Å². The van der Waals surface area contributed by atoms with Crippen LogP contribution in [0.2, 0.25) is 5.02 Å². The Hall–Kier alpha value is -1.63. The molecule has 1 aromatic carbocycles. The van der Waals surface area contributed by atoms with Crippen LogP contribution < -0.4 is 4.74 Å². The number of ether oxygens (including phenoxy) is 1. The summed E-state index contributed by atoms with van der Waals surface area (Å²) >= 11 is 5.74. The zero-order chi connectivity index (χ0) is 15.3. The van der Waals surface area contributed by atoms with Gasteiger partial charge in [-0.3, -0.25) is 0 Å². The monoisotopic (exact) mass is 327 g/mol. The fourth-order valence-corrected chi connectivity index (χ4v) is 3.05. The molecule has 5 nitrogen and oxygen atoms in total. The highest BCUT2D eigenvalue weighted by Gasteiger charge is 2.21. The number of pyridine rings is 1. The summed E-state index contributed by atoms with van der Waals surface area (Å²) in [6, 6.07) is 11.2. The number of hydrogen-bond acceptors (Lipinski definition) is 5. The van der Waals surface area contributed by atoms with Crippen LogP contribution in [0.15, 0.2) is 53.7 Å². The predicted octanol–water partition coefficient (Wildman–Crippen LogP) is 1.95. The Kier molecular flexibility index (Phi) is 5.17. The maximum absolute atomic E-state index is 12.0. The first-order chi connectivity index (χ1) is 9.97. The van der Waals surface area contributed by atoms with Crippen molar-refractivity contribution in [3.8, 4) is 5.75 Å². The number of aromatic nitrogens is 1. The summed E-state index contributed by atoms with van der Waals surface area (Å²) < 4.78 is 29.3. The molecule has 0 radical (unpaired) electrons. The smallest absolute Gasteiger partial charge is 0.198 e. The number of aliphatic hydroxyl groups is 1. The largest absolute Gasteiger partial charge is 0.491 e.